The van der Waals surface area contributed by atoms with E-state index in [0.717, 1.165) is 24.6 Å². The third kappa shape index (κ3) is 4.08. The van der Waals surface area contributed by atoms with Crippen molar-refractivity contribution < 1.29 is 0 Å². The molecule has 0 saturated heterocycles. The molecule has 0 amide bonds. The summed E-state index contributed by atoms with van der Waals surface area (Å²) in [6.45, 7) is 4.44. The SMILES string of the molecule is CC(C)CCC(N)Cc1ncc[nH]1. The van der Waals surface area contributed by atoms with Gasteiger partial charge in [0, 0.05) is 24.9 Å². The number of hydrogen-bond donors (Lipinski definition) is 2. The molecule has 1 unspecified atom stereocenters. The van der Waals surface area contributed by atoms with Gasteiger partial charge in [-0.25, -0.2) is 4.98 Å². The molecule has 1 heterocycles. The highest BCUT2D eigenvalue weighted by atomic mass is 14.9. The first-order chi connectivity index (χ1) is 6.18. The highest BCUT2D eigenvalue weighted by Gasteiger charge is 2.06. The molecule has 1 rings (SSSR count). The molecule has 3 N–H and O–H groups in total. The van der Waals surface area contributed by atoms with Crippen LogP contribution in [0.5, 0.6) is 0 Å². The maximum Gasteiger partial charge on any atom is 0.107 e. The molecule has 13 heavy (non-hydrogen) atoms. The topological polar surface area (TPSA) is 54.7 Å². The number of nitrogens with zero attached hydrogens (tertiary/aromatic N) is 1. The van der Waals surface area contributed by atoms with Gasteiger partial charge in [-0.3, -0.25) is 0 Å². The van der Waals surface area contributed by atoms with Gasteiger partial charge in [-0.2, -0.15) is 0 Å². The molecule has 0 aliphatic heterocycles. The standard InChI is InChI=1S/C10H19N3/c1-8(2)3-4-9(11)7-10-12-5-6-13-10/h5-6,8-9H,3-4,7,11H2,1-2H3,(H,12,13). The summed E-state index contributed by atoms with van der Waals surface area (Å²) in [5.74, 6) is 1.74. The van der Waals surface area contributed by atoms with Crippen molar-refractivity contribution in [2.75, 3.05) is 0 Å². The van der Waals surface area contributed by atoms with Crippen molar-refractivity contribution in [1.29, 1.82) is 0 Å². The number of nitrogens with two attached hydrogens (primary N) is 1. The van der Waals surface area contributed by atoms with Crippen LogP contribution in [-0.4, -0.2) is 16.0 Å². The van der Waals surface area contributed by atoms with E-state index >= 15 is 0 Å². The molecular formula is C10H19N3. The smallest absolute Gasteiger partial charge is 0.107 e. The van der Waals surface area contributed by atoms with Crippen LogP contribution in [-0.2, 0) is 6.42 Å². The van der Waals surface area contributed by atoms with Gasteiger partial charge in [0.25, 0.3) is 0 Å². The largest absolute Gasteiger partial charge is 0.349 e. The normalized spacial score (nSPS) is 13.5. The maximum atomic E-state index is 5.95. The van der Waals surface area contributed by atoms with Crippen LogP contribution in [0.4, 0.5) is 0 Å². The molecule has 0 aromatic carbocycles. The lowest BCUT2D eigenvalue weighted by molar-refractivity contribution is 0.490. The second-order valence-corrected chi connectivity index (χ2v) is 3.97. The van der Waals surface area contributed by atoms with Crippen molar-refractivity contribution in [3.05, 3.63) is 18.2 Å². The lowest BCUT2D eigenvalue weighted by Crippen LogP contribution is -2.23. The molecule has 74 valence electrons. The molecule has 0 radical (unpaired) electrons. The molecule has 0 saturated carbocycles. The van der Waals surface area contributed by atoms with E-state index < -0.39 is 0 Å². The van der Waals surface area contributed by atoms with Gasteiger partial charge in [0.05, 0.1) is 0 Å². The first-order valence-electron chi connectivity index (χ1n) is 4.92. The van der Waals surface area contributed by atoms with Gasteiger partial charge in [-0.1, -0.05) is 13.8 Å². The van der Waals surface area contributed by atoms with Gasteiger partial charge in [0.15, 0.2) is 0 Å². The number of rotatable bonds is 5. The molecule has 3 nitrogen and oxygen atoms in total. The van der Waals surface area contributed by atoms with Gasteiger partial charge >= 0.3 is 0 Å². The minimum Gasteiger partial charge on any atom is -0.349 e. The molecule has 0 aliphatic rings. The number of nitrogens with one attached hydrogen (secondary N) is 1. The maximum absolute atomic E-state index is 5.95. The number of aromatic amines is 1. The Labute approximate surface area is 79.8 Å². The van der Waals surface area contributed by atoms with E-state index in [0.29, 0.717) is 0 Å². The zero-order chi connectivity index (χ0) is 9.68. The summed E-state index contributed by atoms with van der Waals surface area (Å²) in [4.78, 5) is 7.21. The fraction of sp³-hybridized carbons (Fsp3) is 0.700. The Bertz CT molecular complexity index is 216. The predicted octanol–water partition coefficient (Wildman–Crippen LogP) is 1.72. The molecule has 1 aromatic heterocycles. The molecule has 0 spiro atoms. The third-order valence-corrected chi connectivity index (χ3v) is 2.13. The summed E-state index contributed by atoms with van der Waals surface area (Å²) in [5, 5.41) is 0. The van der Waals surface area contributed by atoms with Gasteiger partial charge in [-0.05, 0) is 18.8 Å². The van der Waals surface area contributed by atoms with Crippen LogP contribution in [0.25, 0.3) is 0 Å². The van der Waals surface area contributed by atoms with Crippen molar-refractivity contribution in [1.82, 2.24) is 9.97 Å². The van der Waals surface area contributed by atoms with Gasteiger partial charge < -0.3 is 10.7 Å². The Morgan fingerprint density at radius 1 is 1.46 bits per heavy atom. The van der Waals surface area contributed by atoms with Crippen molar-refractivity contribution in [2.45, 2.75) is 39.2 Å². The Morgan fingerprint density at radius 2 is 2.23 bits per heavy atom. The van der Waals surface area contributed by atoms with E-state index in [1.54, 1.807) is 6.20 Å². The van der Waals surface area contributed by atoms with Crippen LogP contribution in [0.1, 0.15) is 32.5 Å². The highest BCUT2D eigenvalue weighted by Crippen LogP contribution is 2.07. The summed E-state index contributed by atoms with van der Waals surface area (Å²) in [6.07, 6.45) is 6.74. The number of hydrogen-bond acceptors (Lipinski definition) is 2. The van der Waals surface area contributed by atoms with E-state index in [1.165, 1.54) is 6.42 Å². The van der Waals surface area contributed by atoms with Gasteiger partial charge in [-0.15, -0.1) is 0 Å². The molecule has 0 aliphatic carbocycles. The second kappa shape index (κ2) is 5.02. The fourth-order valence-corrected chi connectivity index (χ4v) is 1.31. The van der Waals surface area contributed by atoms with E-state index in [-0.39, 0.29) is 6.04 Å². The Hall–Kier alpha value is -0.830. The monoisotopic (exact) mass is 181 g/mol. The Morgan fingerprint density at radius 3 is 2.77 bits per heavy atom. The quantitative estimate of drug-likeness (QED) is 0.726. The zero-order valence-corrected chi connectivity index (χ0v) is 8.46. The third-order valence-electron chi connectivity index (χ3n) is 2.13. The minimum absolute atomic E-state index is 0.244. The summed E-state index contributed by atoms with van der Waals surface area (Å²) in [6, 6.07) is 0.244. The van der Waals surface area contributed by atoms with Crippen LogP contribution in [0.2, 0.25) is 0 Å². The summed E-state index contributed by atoms with van der Waals surface area (Å²) in [7, 11) is 0. The van der Waals surface area contributed by atoms with Crippen LogP contribution >= 0.6 is 0 Å². The highest BCUT2D eigenvalue weighted by molar-refractivity contribution is 4.90. The van der Waals surface area contributed by atoms with Crippen molar-refractivity contribution >= 4 is 0 Å². The lowest BCUT2D eigenvalue weighted by atomic mass is 10.0. The lowest BCUT2D eigenvalue weighted by Gasteiger charge is -2.11. The summed E-state index contributed by atoms with van der Waals surface area (Å²) in [5.41, 5.74) is 5.95. The Kier molecular flexibility index (Phi) is 3.96. The first-order valence-corrected chi connectivity index (χ1v) is 4.92. The van der Waals surface area contributed by atoms with E-state index in [2.05, 4.69) is 23.8 Å². The molecule has 0 bridgehead atoms. The van der Waals surface area contributed by atoms with Crippen LogP contribution in [0, 0.1) is 5.92 Å². The summed E-state index contributed by atoms with van der Waals surface area (Å²) < 4.78 is 0. The average Bonchev–Trinajstić information content (AvgIpc) is 2.53. The van der Waals surface area contributed by atoms with Crippen LogP contribution < -0.4 is 5.73 Å². The fourth-order valence-electron chi connectivity index (χ4n) is 1.31. The van der Waals surface area contributed by atoms with Crippen molar-refractivity contribution in [2.24, 2.45) is 11.7 Å². The number of aromatic nitrogens is 2. The van der Waals surface area contributed by atoms with E-state index in [9.17, 15) is 0 Å². The van der Waals surface area contributed by atoms with Crippen molar-refractivity contribution in [3.8, 4) is 0 Å². The van der Waals surface area contributed by atoms with Crippen molar-refractivity contribution in [3.63, 3.8) is 0 Å². The predicted molar refractivity (Wildman–Crippen MR) is 54.3 cm³/mol. The molecule has 1 aromatic rings. The Balaban J connectivity index is 2.22. The van der Waals surface area contributed by atoms with Crippen LogP contribution in [0.3, 0.4) is 0 Å². The number of imidazole rings is 1. The average molecular weight is 181 g/mol. The van der Waals surface area contributed by atoms with Gasteiger partial charge in [0.2, 0.25) is 0 Å². The summed E-state index contributed by atoms with van der Waals surface area (Å²) >= 11 is 0. The first kappa shape index (κ1) is 10.3. The molecular weight excluding hydrogens is 162 g/mol. The molecule has 1 atom stereocenters. The van der Waals surface area contributed by atoms with Crippen LogP contribution in [0.15, 0.2) is 12.4 Å². The number of H-pyrrole nitrogens is 1. The van der Waals surface area contributed by atoms with Gasteiger partial charge in [0.1, 0.15) is 5.82 Å². The zero-order valence-electron chi connectivity index (χ0n) is 8.46. The van der Waals surface area contributed by atoms with E-state index in [1.807, 2.05) is 6.20 Å². The van der Waals surface area contributed by atoms with E-state index in [4.69, 9.17) is 5.73 Å². The second-order valence-electron chi connectivity index (χ2n) is 3.97. The molecule has 3 heteroatoms. The molecule has 0 fully saturated rings. The minimum atomic E-state index is 0.244.